The highest BCUT2D eigenvalue weighted by atomic mass is 32.1. The Kier molecular flexibility index (Phi) is 3.89. The summed E-state index contributed by atoms with van der Waals surface area (Å²) >= 11 is 0.733. The number of amides is 1. The van der Waals surface area contributed by atoms with Crippen LogP contribution in [0.1, 0.15) is 41.5 Å². The monoisotopic (exact) mass is 378 g/mol. The number of nitro groups is 1. The molecule has 27 heavy (non-hydrogen) atoms. The van der Waals surface area contributed by atoms with Crippen LogP contribution >= 0.6 is 11.3 Å². The highest BCUT2D eigenvalue weighted by Crippen LogP contribution is 2.32. The first-order valence-electron chi connectivity index (χ1n) is 7.84. The van der Waals surface area contributed by atoms with E-state index < -0.39 is 10.8 Å². The molecule has 7 nitrogen and oxygen atoms in total. The first kappa shape index (κ1) is 16.8. The largest absolute Gasteiger partial charge is 0.324 e. The topological polar surface area (TPSA) is 106 Å². The number of fused-ring (bicyclic) bond motifs is 2. The van der Waals surface area contributed by atoms with Crippen molar-refractivity contribution in [2.24, 2.45) is 0 Å². The minimum atomic E-state index is -0.583. The zero-order valence-electron chi connectivity index (χ0n) is 13.6. The third kappa shape index (κ3) is 2.72. The Hall–Kier alpha value is -3.65. The molecule has 1 N–H and O–H groups in total. The number of carbonyl (C=O) groups is 3. The maximum Gasteiger partial charge on any atom is 0.324 e. The highest BCUT2D eigenvalue weighted by molar-refractivity contribution is 7.17. The van der Waals surface area contributed by atoms with Crippen LogP contribution in [0.25, 0.3) is 0 Å². The van der Waals surface area contributed by atoms with E-state index in [2.05, 4.69) is 5.32 Å². The van der Waals surface area contributed by atoms with Gasteiger partial charge in [0.1, 0.15) is 0 Å². The van der Waals surface area contributed by atoms with Gasteiger partial charge in [0, 0.05) is 22.8 Å². The summed E-state index contributed by atoms with van der Waals surface area (Å²) in [5.74, 6) is -1.23. The van der Waals surface area contributed by atoms with Crippen molar-refractivity contribution in [2.75, 3.05) is 5.32 Å². The van der Waals surface area contributed by atoms with Crippen LogP contribution in [0, 0.1) is 10.1 Å². The Bertz CT molecular complexity index is 1150. The Labute approximate surface area is 156 Å². The van der Waals surface area contributed by atoms with Crippen molar-refractivity contribution in [1.82, 2.24) is 0 Å². The molecule has 132 valence electrons. The molecule has 4 rings (SSSR count). The SMILES string of the molecule is O=C(Nc1cccc2c1C(=O)c1ccccc1C2=O)c1ccc([N+](=O)[O-])s1. The third-order valence-electron chi connectivity index (χ3n) is 4.20. The molecule has 0 atom stereocenters. The summed E-state index contributed by atoms with van der Waals surface area (Å²) in [4.78, 5) is 48.4. The number of nitrogens with one attached hydrogen (secondary N) is 1. The van der Waals surface area contributed by atoms with Gasteiger partial charge in [-0.05, 0) is 12.1 Å². The van der Waals surface area contributed by atoms with Crippen molar-refractivity contribution in [2.45, 2.75) is 0 Å². The fourth-order valence-corrected chi connectivity index (χ4v) is 3.70. The summed E-state index contributed by atoms with van der Waals surface area (Å²) in [5, 5.41) is 13.2. The minimum Gasteiger partial charge on any atom is -0.321 e. The van der Waals surface area contributed by atoms with E-state index in [-0.39, 0.29) is 43.8 Å². The number of benzene rings is 2. The van der Waals surface area contributed by atoms with Crippen LogP contribution in [0.3, 0.4) is 0 Å². The van der Waals surface area contributed by atoms with Crippen molar-refractivity contribution in [3.8, 4) is 0 Å². The van der Waals surface area contributed by atoms with E-state index in [1.54, 1.807) is 30.3 Å². The van der Waals surface area contributed by atoms with Gasteiger partial charge >= 0.3 is 5.00 Å². The summed E-state index contributed by atoms with van der Waals surface area (Å²) in [6.45, 7) is 0. The molecule has 1 heterocycles. The van der Waals surface area contributed by atoms with Gasteiger partial charge in [0.15, 0.2) is 11.6 Å². The molecular formula is C19H10N2O5S. The lowest BCUT2D eigenvalue weighted by molar-refractivity contribution is -0.380. The van der Waals surface area contributed by atoms with Crippen LogP contribution in [0.15, 0.2) is 54.6 Å². The summed E-state index contributed by atoms with van der Waals surface area (Å²) in [6, 6.07) is 13.7. The molecule has 0 unspecified atom stereocenters. The van der Waals surface area contributed by atoms with Crippen LogP contribution in [-0.4, -0.2) is 22.4 Å². The summed E-state index contributed by atoms with van der Waals surface area (Å²) in [6.07, 6.45) is 0. The predicted octanol–water partition coefficient (Wildman–Crippen LogP) is 3.68. The first-order chi connectivity index (χ1) is 13.0. The number of hydrogen-bond acceptors (Lipinski definition) is 6. The second-order valence-electron chi connectivity index (χ2n) is 5.78. The van der Waals surface area contributed by atoms with Crippen LogP contribution in [0.2, 0.25) is 0 Å². The average molecular weight is 378 g/mol. The molecule has 1 amide bonds. The van der Waals surface area contributed by atoms with E-state index in [0.717, 1.165) is 11.3 Å². The average Bonchev–Trinajstić information content (AvgIpc) is 3.17. The number of rotatable bonds is 3. The molecule has 0 saturated heterocycles. The van der Waals surface area contributed by atoms with Gasteiger partial charge in [-0.3, -0.25) is 24.5 Å². The van der Waals surface area contributed by atoms with Gasteiger partial charge in [0.2, 0.25) is 0 Å². The zero-order chi connectivity index (χ0) is 19.1. The summed E-state index contributed by atoms with van der Waals surface area (Å²) in [7, 11) is 0. The Morgan fingerprint density at radius 1 is 0.889 bits per heavy atom. The maximum absolute atomic E-state index is 12.9. The van der Waals surface area contributed by atoms with Gasteiger partial charge in [-0.15, -0.1) is 0 Å². The smallest absolute Gasteiger partial charge is 0.321 e. The molecule has 2 aromatic carbocycles. The first-order valence-corrected chi connectivity index (χ1v) is 8.66. The lowest BCUT2D eigenvalue weighted by Crippen LogP contribution is -2.23. The van der Waals surface area contributed by atoms with Crippen molar-refractivity contribution in [3.05, 3.63) is 91.8 Å². The van der Waals surface area contributed by atoms with E-state index in [0.29, 0.717) is 5.56 Å². The standard InChI is InChI=1S/C19H10N2O5S/c22-17-10-4-1-2-5-11(10)18(23)16-12(17)6-3-7-13(16)20-19(24)14-8-9-15(27-14)21(25)26/h1-9H,(H,20,24). The lowest BCUT2D eigenvalue weighted by Gasteiger charge is -2.20. The summed E-state index contributed by atoms with van der Waals surface area (Å²) < 4.78 is 0. The molecule has 3 aromatic rings. The van der Waals surface area contributed by atoms with Gasteiger partial charge in [0.25, 0.3) is 5.91 Å². The second kappa shape index (κ2) is 6.26. The zero-order valence-corrected chi connectivity index (χ0v) is 14.4. The maximum atomic E-state index is 12.9. The number of anilines is 1. The van der Waals surface area contributed by atoms with Crippen LogP contribution in [-0.2, 0) is 0 Å². The van der Waals surface area contributed by atoms with Gasteiger partial charge < -0.3 is 5.32 Å². The number of thiophene rings is 1. The molecule has 0 fully saturated rings. The molecule has 0 aliphatic heterocycles. The Morgan fingerprint density at radius 2 is 1.56 bits per heavy atom. The molecule has 0 radical (unpaired) electrons. The number of carbonyl (C=O) groups excluding carboxylic acids is 3. The van der Waals surface area contributed by atoms with Gasteiger partial charge in [-0.25, -0.2) is 0 Å². The summed E-state index contributed by atoms with van der Waals surface area (Å²) in [5.41, 5.74) is 1.14. The molecule has 0 spiro atoms. The van der Waals surface area contributed by atoms with Crippen molar-refractivity contribution < 1.29 is 19.3 Å². The Balaban J connectivity index is 1.73. The number of ketones is 2. The van der Waals surface area contributed by atoms with Gasteiger partial charge in [-0.1, -0.05) is 47.7 Å². The molecular weight excluding hydrogens is 368 g/mol. The van der Waals surface area contributed by atoms with Crippen molar-refractivity contribution in [1.29, 1.82) is 0 Å². The van der Waals surface area contributed by atoms with E-state index in [9.17, 15) is 24.5 Å². The highest BCUT2D eigenvalue weighted by Gasteiger charge is 2.31. The van der Waals surface area contributed by atoms with E-state index in [1.807, 2.05) is 0 Å². The van der Waals surface area contributed by atoms with Crippen molar-refractivity contribution >= 4 is 39.5 Å². The van der Waals surface area contributed by atoms with Crippen LogP contribution in [0.4, 0.5) is 10.7 Å². The minimum absolute atomic E-state index is 0.126. The fourth-order valence-electron chi connectivity index (χ4n) is 2.98. The molecule has 0 saturated carbocycles. The molecule has 1 aliphatic rings. The molecule has 0 bridgehead atoms. The second-order valence-corrected chi connectivity index (χ2v) is 6.84. The number of nitrogens with zero attached hydrogens (tertiary/aromatic N) is 1. The quantitative estimate of drug-likeness (QED) is 0.432. The van der Waals surface area contributed by atoms with Gasteiger partial charge in [0.05, 0.1) is 21.1 Å². The van der Waals surface area contributed by atoms with Crippen LogP contribution in [0.5, 0.6) is 0 Å². The molecule has 1 aliphatic carbocycles. The molecule has 1 aromatic heterocycles. The van der Waals surface area contributed by atoms with E-state index >= 15 is 0 Å². The third-order valence-corrected chi connectivity index (χ3v) is 5.23. The number of hydrogen-bond donors (Lipinski definition) is 1. The van der Waals surface area contributed by atoms with E-state index in [1.165, 1.54) is 24.3 Å². The lowest BCUT2D eigenvalue weighted by atomic mass is 9.83. The molecule has 8 heteroatoms. The normalized spacial score (nSPS) is 12.3. The fraction of sp³-hybridized carbons (Fsp3) is 0. The van der Waals surface area contributed by atoms with Gasteiger partial charge in [-0.2, -0.15) is 0 Å². The van der Waals surface area contributed by atoms with E-state index in [4.69, 9.17) is 0 Å². The Morgan fingerprint density at radius 3 is 2.22 bits per heavy atom. The predicted molar refractivity (Wildman–Crippen MR) is 98.7 cm³/mol. The van der Waals surface area contributed by atoms with Crippen LogP contribution < -0.4 is 5.32 Å². The van der Waals surface area contributed by atoms with Crippen molar-refractivity contribution in [3.63, 3.8) is 0 Å².